The molecule has 1 aromatic heterocycles. The highest BCUT2D eigenvalue weighted by Crippen LogP contribution is 2.31. The molecule has 21 heavy (non-hydrogen) atoms. The number of fused-ring (bicyclic) bond motifs is 1. The van der Waals surface area contributed by atoms with Crippen molar-refractivity contribution in [1.29, 1.82) is 0 Å². The molecule has 0 saturated carbocycles. The normalized spacial score (nSPS) is 16.2. The van der Waals surface area contributed by atoms with Crippen molar-refractivity contribution < 1.29 is 14.3 Å². The number of nitrogens with one attached hydrogen (secondary N) is 2. The second kappa shape index (κ2) is 5.61. The number of hydrogen-bond acceptors (Lipinski definition) is 5. The maximum atomic E-state index is 12.1. The number of amides is 1. The third-order valence-electron chi connectivity index (χ3n) is 2.97. The van der Waals surface area contributed by atoms with E-state index in [0.717, 1.165) is 5.56 Å². The van der Waals surface area contributed by atoms with Crippen molar-refractivity contribution in [2.75, 3.05) is 11.9 Å². The standard InChI is InChI=1S/C13H13ClN4O3/c1-2-20-13-16-12(17-18-13)15-11(19)10-6-7-5-8(14)3-4-9(7)21-10/h3-5,10H,2,6H2,1H3,(H2,15,16,17,18,19). The maximum Gasteiger partial charge on any atom is 0.337 e. The lowest BCUT2D eigenvalue weighted by Gasteiger charge is -2.09. The van der Waals surface area contributed by atoms with Gasteiger partial charge in [-0.25, -0.2) is 5.10 Å². The molecule has 3 rings (SSSR count). The van der Waals surface area contributed by atoms with Crippen LogP contribution in [0.15, 0.2) is 18.2 Å². The van der Waals surface area contributed by atoms with Crippen molar-refractivity contribution in [2.45, 2.75) is 19.4 Å². The van der Waals surface area contributed by atoms with E-state index < -0.39 is 6.10 Å². The number of carbonyl (C=O) groups excluding carboxylic acids is 1. The molecule has 2 heterocycles. The van der Waals surface area contributed by atoms with Crippen LogP contribution in [0.4, 0.5) is 5.95 Å². The molecule has 1 amide bonds. The van der Waals surface area contributed by atoms with Crippen LogP contribution in [-0.2, 0) is 11.2 Å². The zero-order valence-corrected chi connectivity index (χ0v) is 12.0. The maximum absolute atomic E-state index is 12.1. The monoisotopic (exact) mass is 308 g/mol. The molecule has 1 aliphatic rings. The molecule has 1 aliphatic heterocycles. The van der Waals surface area contributed by atoms with E-state index in [9.17, 15) is 4.79 Å². The fourth-order valence-corrected chi connectivity index (χ4v) is 2.25. The Kier molecular flexibility index (Phi) is 3.66. The van der Waals surface area contributed by atoms with Crippen LogP contribution in [0, 0.1) is 0 Å². The van der Waals surface area contributed by atoms with Crippen molar-refractivity contribution in [3.8, 4) is 11.8 Å². The number of aromatic nitrogens is 3. The Morgan fingerprint density at radius 2 is 2.48 bits per heavy atom. The van der Waals surface area contributed by atoms with Crippen LogP contribution in [0.25, 0.3) is 0 Å². The molecule has 0 radical (unpaired) electrons. The van der Waals surface area contributed by atoms with Crippen molar-refractivity contribution in [3.63, 3.8) is 0 Å². The molecule has 0 bridgehead atoms. The van der Waals surface area contributed by atoms with Crippen molar-refractivity contribution >= 4 is 23.5 Å². The fraction of sp³-hybridized carbons (Fsp3) is 0.308. The first kappa shape index (κ1) is 13.7. The quantitative estimate of drug-likeness (QED) is 0.899. The lowest BCUT2D eigenvalue weighted by molar-refractivity contribution is -0.122. The highest BCUT2D eigenvalue weighted by atomic mass is 35.5. The second-order valence-electron chi connectivity index (χ2n) is 4.45. The van der Waals surface area contributed by atoms with Crippen LogP contribution in [0.5, 0.6) is 11.8 Å². The first-order valence-corrected chi connectivity index (χ1v) is 6.84. The Labute approximate surface area is 125 Å². The molecule has 1 aromatic carbocycles. The highest BCUT2D eigenvalue weighted by Gasteiger charge is 2.29. The largest absolute Gasteiger partial charge is 0.480 e. The summed E-state index contributed by atoms with van der Waals surface area (Å²) in [4.78, 5) is 16.1. The summed E-state index contributed by atoms with van der Waals surface area (Å²) in [5.41, 5.74) is 0.912. The van der Waals surface area contributed by atoms with E-state index in [0.29, 0.717) is 23.8 Å². The zero-order chi connectivity index (χ0) is 14.8. The highest BCUT2D eigenvalue weighted by molar-refractivity contribution is 6.30. The summed E-state index contributed by atoms with van der Waals surface area (Å²) in [7, 11) is 0. The molecule has 0 aliphatic carbocycles. The van der Waals surface area contributed by atoms with Gasteiger partial charge in [0.15, 0.2) is 6.10 Å². The van der Waals surface area contributed by atoms with Gasteiger partial charge in [0.05, 0.1) is 6.61 Å². The molecule has 110 valence electrons. The van der Waals surface area contributed by atoms with E-state index in [4.69, 9.17) is 21.1 Å². The van der Waals surface area contributed by atoms with Gasteiger partial charge < -0.3 is 9.47 Å². The van der Waals surface area contributed by atoms with Crippen molar-refractivity contribution in [1.82, 2.24) is 15.2 Å². The minimum atomic E-state index is -0.612. The van der Waals surface area contributed by atoms with Gasteiger partial charge in [-0.15, -0.1) is 5.10 Å². The minimum absolute atomic E-state index is 0.190. The van der Waals surface area contributed by atoms with Crippen LogP contribution in [-0.4, -0.2) is 33.8 Å². The Bertz CT molecular complexity index is 673. The van der Waals surface area contributed by atoms with Gasteiger partial charge in [0.2, 0.25) is 5.95 Å². The first-order valence-electron chi connectivity index (χ1n) is 6.47. The molecule has 1 atom stereocenters. The van der Waals surface area contributed by atoms with Gasteiger partial charge in [-0.2, -0.15) is 4.98 Å². The summed E-state index contributed by atoms with van der Waals surface area (Å²) in [5.74, 6) is 0.592. The number of halogens is 1. The zero-order valence-electron chi connectivity index (χ0n) is 11.2. The molecule has 1 unspecified atom stereocenters. The topological polar surface area (TPSA) is 89.1 Å². The molecule has 8 heteroatoms. The van der Waals surface area contributed by atoms with Gasteiger partial charge in [0, 0.05) is 11.4 Å². The Morgan fingerprint density at radius 3 is 3.29 bits per heavy atom. The van der Waals surface area contributed by atoms with E-state index in [1.807, 2.05) is 6.92 Å². The van der Waals surface area contributed by atoms with Gasteiger partial charge in [-0.05, 0) is 30.7 Å². The predicted molar refractivity (Wildman–Crippen MR) is 75.8 cm³/mol. The molecule has 0 spiro atoms. The van der Waals surface area contributed by atoms with Gasteiger partial charge in [0.25, 0.3) is 5.91 Å². The van der Waals surface area contributed by atoms with E-state index in [1.165, 1.54) is 0 Å². The van der Waals surface area contributed by atoms with E-state index >= 15 is 0 Å². The Hall–Kier alpha value is -2.28. The summed E-state index contributed by atoms with van der Waals surface area (Å²) in [5, 5.41) is 9.61. The van der Waals surface area contributed by atoms with Gasteiger partial charge in [-0.3, -0.25) is 10.1 Å². The summed E-state index contributed by atoms with van der Waals surface area (Å²) in [6, 6.07) is 5.47. The van der Waals surface area contributed by atoms with Gasteiger partial charge in [-0.1, -0.05) is 11.6 Å². The van der Waals surface area contributed by atoms with Crippen LogP contribution < -0.4 is 14.8 Å². The number of anilines is 1. The number of H-pyrrole nitrogens is 1. The predicted octanol–water partition coefficient (Wildman–Crippen LogP) is 1.80. The van der Waals surface area contributed by atoms with Crippen molar-refractivity contribution in [3.05, 3.63) is 28.8 Å². The second-order valence-corrected chi connectivity index (χ2v) is 4.89. The SMILES string of the molecule is CCOc1n[nH]c(NC(=O)C2Cc3cc(Cl)ccc3O2)n1. The summed E-state index contributed by atoms with van der Waals surface area (Å²) in [6.45, 7) is 2.27. The van der Waals surface area contributed by atoms with E-state index in [-0.39, 0.29) is 17.9 Å². The average Bonchev–Trinajstić information content (AvgIpc) is 3.05. The average molecular weight is 309 g/mol. The van der Waals surface area contributed by atoms with Crippen LogP contribution in [0.1, 0.15) is 12.5 Å². The molecular formula is C13H13ClN4O3. The minimum Gasteiger partial charge on any atom is -0.480 e. The number of benzene rings is 1. The van der Waals surface area contributed by atoms with E-state index in [2.05, 4.69) is 20.5 Å². The third kappa shape index (κ3) is 2.92. The number of carbonyl (C=O) groups is 1. The van der Waals surface area contributed by atoms with Crippen LogP contribution in [0.3, 0.4) is 0 Å². The number of ether oxygens (including phenoxy) is 2. The number of nitrogens with zero attached hydrogens (tertiary/aromatic N) is 2. The molecule has 0 saturated heterocycles. The van der Waals surface area contributed by atoms with Gasteiger partial charge in [0.1, 0.15) is 5.75 Å². The Balaban J connectivity index is 1.64. The molecule has 7 nitrogen and oxygen atoms in total. The summed E-state index contributed by atoms with van der Waals surface area (Å²) >= 11 is 5.92. The van der Waals surface area contributed by atoms with Gasteiger partial charge >= 0.3 is 6.01 Å². The smallest absolute Gasteiger partial charge is 0.337 e. The molecular weight excluding hydrogens is 296 g/mol. The number of hydrogen-bond donors (Lipinski definition) is 2. The lowest BCUT2D eigenvalue weighted by Crippen LogP contribution is -2.31. The number of rotatable bonds is 4. The number of aromatic amines is 1. The summed E-state index contributed by atoms with van der Waals surface area (Å²) in [6.07, 6.45) is -0.145. The molecule has 0 fully saturated rings. The summed E-state index contributed by atoms with van der Waals surface area (Å²) < 4.78 is 10.7. The molecule has 2 N–H and O–H groups in total. The lowest BCUT2D eigenvalue weighted by atomic mass is 10.1. The first-order chi connectivity index (χ1) is 10.2. The van der Waals surface area contributed by atoms with E-state index in [1.54, 1.807) is 18.2 Å². The van der Waals surface area contributed by atoms with Crippen LogP contribution in [0.2, 0.25) is 5.02 Å². The third-order valence-corrected chi connectivity index (χ3v) is 3.20. The Morgan fingerprint density at radius 1 is 1.62 bits per heavy atom. The molecule has 2 aromatic rings. The fourth-order valence-electron chi connectivity index (χ4n) is 2.06. The van der Waals surface area contributed by atoms with Crippen LogP contribution >= 0.6 is 11.6 Å². The van der Waals surface area contributed by atoms with Crippen molar-refractivity contribution in [2.24, 2.45) is 0 Å².